The standard InChI is InChI=1S/C19H18ClN5O4S/c1-9-10(2)30-18-16(9)17-23-25(19(27)24(17)8-21-18)7-15(26)22-12-5-11(20)13(28-3)6-14(12)29-4/h5-6,8H,7H2,1-4H3,(H,22,26). The zero-order chi connectivity index (χ0) is 21.6. The molecule has 3 aromatic heterocycles. The monoisotopic (exact) mass is 447 g/mol. The van der Waals surface area contributed by atoms with Gasteiger partial charge in [0.05, 0.1) is 30.3 Å². The normalized spacial score (nSPS) is 11.2. The van der Waals surface area contributed by atoms with E-state index < -0.39 is 11.6 Å². The second-order valence-electron chi connectivity index (χ2n) is 6.58. The largest absolute Gasteiger partial charge is 0.495 e. The quantitative estimate of drug-likeness (QED) is 0.504. The van der Waals surface area contributed by atoms with Crippen LogP contribution in [0.15, 0.2) is 23.3 Å². The molecule has 1 aromatic carbocycles. The van der Waals surface area contributed by atoms with Gasteiger partial charge in [0.2, 0.25) is 5.91 Å². The number of anilines is 1. The van der Waals surface area contributed by atoms with Gasteiger partial charge in [0, 0.05) is 10.9 Å². The molecular formula is C19H18ClN5O4S. The third-order valence-corrected chi connectivity index (χ3v) is 6.20. The summed E-state index contributed by atoms with van der Waals surface area (Å²) in [6.07, 6.45) is 1.43. The highest BCUT2D eigenvalue weighted by atomic mass is 35.5. The van der Waals surface area contributed by atoms with Crippen LogP contribution in [0.4, 0.5) is 5.69 Å². The molecule has 0 bridgehead atoms. The summed E-state index contributed by atoms with van der Waals surface area (Å²) in [5, 5.41) is 8.21. The Morgan fingerprint density at radius 1 is 1.23 bits per heavy atom. The lowest BCUT2D eigenvalue weighted by Gasteiger charge is -2.12. The Bertz CT molecular complexity index is 1360. The van der Waals surface area contributed by atoms with Gasteiger partial charge in [-0.15, -0.1) is 16.4 Å². The van der Waals surface area contributed by atoms with Crippen LogP contribution in [0.3, 0.4) is 0 Å². The first-order valence-electron chi connectivity index (χ1n) is 8.89. The van der Waals surface area contributed by atoms with Gasteiger partial charge in [-0.2, -0.15) is 0 Å². The maximum absolute atomic E-state index is 12.7. The van der Waals surface area contributed by atoms with Crippen molar-refractivity contribution in [3.05, 3.63) is 44.4 Å². The fourth-order valence-electron chi connectivity index (χ4n) is 3.15. The number of carbonyl (C=O) groups is 1. The zero-order valence-corrected chi connectivity index (χ0v) is 18.2. The number of amides is 1. The van der Waals surface area contributed by atoms with Crippen LogP contribution in [0.25, 0.3) is 15.9 Å². The first-order chi connectivity index (χ1) is 14.3. The summed E-state index contributed by atoms with van der Waals surface area (Å²) in [6.45, 7) is 3.68. The summed E-state index contributed by atoms with van der Waals surface area (Å²) in [6, 6.07) is 3.09. The number of aromatic nitrogens is 4. The average Bonchev–Trinajstić information content (AvgIpc) is 3.18. The summed E-state index contributed by atoms with van der Waals surface area (Å²) in [5.74, 6) is 0.339. The number of thiophene rings is 1. The SMILES string of the molecule is COc1cc(OC)c(NC(=O)Cn2nc3c4c(C)c(C)sc4ncn3c2=O)cc1Cl. The van der Waals surface area contributed by atoms with Gasteiger partial charge in [0.1, 0.15) is 29.2 Å². The number of hydrogen-bond donors (Lipinski definition) is 1. The number of nitrogens with zero attached hydrogens (tertiary/aromatic N) is 4. The number of methoxy groups -OCH3 is 2. The highest BCUT2D eigenvalue weighted by Crippen LogP contribution is 2.36. The number of halogens is 1. The fraction of sp³-hybridized carbons (Fsp3) is 0.263. The van der Waals surface area contributed by atoms with Crippen LogP contribution in [-0.4, -0.2) is 39.3 Å². The molecule has 0 saturated heterocycles. The highest BCUT2D eigenvalue weighted by Gasteiger charge is 2.18. The topological polar surface area (TPSA) is 99.8 Å². The van der Waals surface area contributed by atoms with E-state index >= 15 is 0 Å². The zero-order valence-electron chi connectivity index (χ0n) is 16.6. The molecule has 4 aromatic rings. The van der Waals surface area contributed by atoms with Crippen LogP contribution in [-0.2, 0) is 11.3 Å². The van der Waals surface area contributed by atoms with Crippen LogP contribution in [0.1, 0.15) is 10.4 Å². The van der Waals surface area contributed by atoms with Crippen LogP contribution in [0.5, 0.6) is 11.5 Å². The lowest BCUT2D eigenvalue weighted by molar-refractivity contribution is -0.117. The molecule has 4 rings (SSSR count). The summed E-state index contributed by atoms with van der Waals surface area (Å²) in [4.78, 5) is 31.6. The number of benzene rings is 1. The molecule has 0 unspecified atom stereocenters. The Labute approximate surface area is 179 Å². The van der Waals surface area contributed by atoms with Gasteiger partial charge in [-0.3, -0.25) is 4.79 Å². The van der Waals surface area contributed by atoms with Crippen LogP contribution < -0.4 is 20.5 Å². The van der Waals surface area contributed by atoms with Gasteiger partial charge in [0.25, 0.3) is 0 Å². The van der Waals surface area contributed by atoms with Crippen molar-refractivity contribution in [3.63, 3.8) is 0 Å². The maximum atomic E-state index is 12.7. The van der Waals surface area contributed by atoms with Crippen LogP contribution in [0, 0.1) is 13.8 Å². The van der Waals surface area contributed by atoms with Gasteiger partial charge < -0.3 is 14.8 Å². The number of rotatable bonds is 5. The fourth-order valence-corrected chi connectivity index (χ4v) is 4.39. The lowest BCUT2D eigenvalue weighted by Crippen LogP contribution is -2.28. The number of fused-ring (bicyclic) bond motifs is 3. The number of ether oxygens (including phenoxy) is 2. The molecule has 1 N–H and O–H groups in total. The molecule has 0 aliphatic carbocycles. The number of hydrogen-bond acceptors (Lipinski definition) is 7. The Hall–Kier alpha value is -3.11. The number of carbonyl (C=O) groups excluding carboxylic acids is 1. The second-order valence-corrected chi connectivity index (χ2v) is 8.19. The van der Waals surface area contributed by atoms with Crippen molar-refractivity contribution >= 4 is 50.4 Å². The van der Waals surface area contributed by atoms with E-state index in [0.29, 0.717) is 27.9 Å². The summed E-state index contributed by atoms with van der Waals surface area (Å²) in [5.41, 5.74) is 1.41. The molecule has 1 amide bonds. The molecule has 0 radical (unpaired) electrons. The van der Waals surface area contributed by atoms with Crippen molar-refractivity contribution in [3.8, 4) is 11.5 Å². The van der Waals surface area contributed by atoms with Gasteiger partial charge in [-0.25, -0.2) is 18.9 Å². The van der Waals surface area contributed by atoms with E-state index in [0.717, 1.165) is 25.3 Å². The molecule has 0 fully saturated rings. The van der Waals surface area contributed by atoms with Crippen LogP contribution >= 0.6 is 22.9 Å². The Balaban J connectivity index is 1.67. The molecule has 0 spiro atoms. The van der Waals surface area contributed by atoms with Crippen molar-refractivity contribution in [2.45, 2.75) is 20.4 Å². The van der Waals surface area contributed by atoms with E-state index in [2.05, 4.69) is 15.4 Å². The van der Waals surface area contributed by atoms with Crippen molar-refractivity contribution in [2.24, 2.45) is 0 Å². The Morgan fingerprint density at radius 3 is 2.67 bits per heavy atom. The first kappa shape index (κ1) is 20.2. The summed E-state index contributed by atoms with van der Waals surface area (Å²) in [7, 11) is 2.95. The van der Waals surface area contributed by atoms with Crippen molar-refractivity contribution in [1.82, 2.24) is 19.2 Å². The molecule has 0 aliphatic heterocycles. The van der Waals surface area contributed by atoms with Crippen molar-refractivity contribution in [2.75, 3.05) is 19.5 Å². The van der Waals surface area contributed by atoms with Gasteiger partial charge >= 0.3 is 5.69 Å². The van der Waals surface area contributed by atoms with E-state index in [1.165, 1.54) is 31.0 Å². The molecule has 3 heterocycles. The maximum Gasteiger partial charge on any atom is 0.352 e. The first-order valence-corrected chi connectivity index (χ1v) is 10.1. The minimum atomic E-state index is -0.456. The number of nitrogens with one attached hydrogen (secondary N) is 1. The predicted molar refractivity (Wildman–Crippen MR) is 115 cm³/mol. The smallest absolute Gasteiger partial charge is 0.352 e. The molecular weight excluding hydrogens is 430 g/mol. The summed E-state index contributed by atoms with van der Waals surface area (Å²) >= 11 is 7.69. The van der Waals surface area contributed by atoms with E-state index in [1.807, 2.05) is 13.8 Å². The minimum absolute atomic E-state index is 0.281. The molecule has 156 valence electrons. The second kappa shape index (κ2) is 7.62. The lowest BCUT2D eigenvalue weighted by atomic mass is 10.2. The summed E-state index contributed by atoms with van der Waals surface area (Å²) < 4.78 is 12.9. The third-order valence-electron chi connectivity index (χ3n) is 4.79. The number of aryl methyl sites for hydroxylation is 2. The predicted octanol–water partition coefficient (Wildman–Crippen LogP) is 3.03. The van der Waals surface area contributed by atoms with Gasteiger partial charge in [0.15, 0.2) is 5.65 Å². The van der Waals surface area contributed by atoms with E-state index in [1.54, 1.807) is 17.4 Å². The van der Waals surface area contributed by atoms with Crippen molar-refractivity contribution in [1.29, 1.82) is 0 Å². The van der Waals surface area contributed by atoms with E-state index in [9.17, 15) is 9.59 Å². The Kier molecular flexibility index (Phi) is 5.12. The third kappa shape index (κ3) is 3.27. The van der Waals surface area contributed by atoms with E-state index in [4.69, 9.17) is 21.1 Å². The van der Waals surface area contributed by atoms with Gasteiger partial charge in [-0.05, 0) is 25.5 Å². The van der Waals surface area contributed by atoms with Crippen LogP contribution in [0.2, 0.25) is 5.02 Å². The molecule has 0 saturated carbocycles. The molecule has 30 heavy (non-hydrogen) atoms. The molecule has 9 nitrogen and oxygen atoms in total. The molecule has 0 aliphatic rings. The minimum Gasteiger partial charge on any atom is -0.495 e. The van der Waals surface area contributed by atoms with Gasteiger partial charge in [-0.1, -0.05) is 11.6 Å². The molecule has 11 heteroatoms. The van der Waals surface area contributed by atoms with Crippen molar-refractivity contribution < 1.29 is 14.3 Å². The Morgan fingerprint density at radius 2 is 1.97 bits per heavy atom. The highest BCUT2D eigenvalue weighted by molar-refractivity contribution is 7.18. The average molecular weight is 448 g/mol. The molecule has 0 atom stereocenters. The van der Waals surface area contributed by atoms with E-state index in [-0.39, 0.29) is 6.54 Å².